The third-order valence-corrected chi connectivity index (χ3v) is 3.23. The van der Waals surface area contributed by atoms with E-state index in [1.165, 1.54) is 12.1 Å². The first kappa shape index (κ1) is 16.4. The van der Waals surface area contributed by atoms with Crippen LogP contribution in [0.25, 0.3) is 0 Å². The second kappa shape index (κ2) is 7.84. The molecule has 6 nitrogen and oxygen atoms in total. The van der Waals surface area contributed by atoms with Gasteiger partial charge in [-0.15, -0.1) is 0 Å². The first-order valence-corrected chi connectivity index (χ1v) is 7.03. The van der Waals surface area contributed by atoms with Crippen LogP contribution in [0.15, 0.2) is 54.6 Å². The molecule has 0 bridgehead atoms. The van der Waals surface area contributed by atoms with E-state index in [4.69, 9.17) is 4.74 Å². The Hall–Kier alpha value is -3.02. The molecule has 0 saturated carbocycles. The molecule has 118 valence electrons. The second-order valence-electron chi connectivity index (χ2n) is 4.91. The normalized spacial score (nSPS) is 10.1. The van der Waals surface area contributed by atoms with Crippen LogP contribution in [0.3, 0.4) is 0 Å². The summed E-state index contributed by atoms with van der Waals surface area (Å²) in [6.07, 6.45) is 0.336. The molecule has 0 fully saturated rings. The van der Waals surface area contributed by atoms with Crippen molar-refractivity contribution in [3.8, 4) is 0 Å². The summed E-state index contributed by atoms with van der Waals surface area (Å²) < 4.78 is 4.95. The molecule has 0 spiro atoms. The first-order valence-electron chi connectivity index (χ1n) is 7.03. The lowest BCUT2D eigenvalue weighted by Gasteiger charge is -2.04. The van der Waals surface area contributed by atoms with Crippen molar-refractivity contribution in [3.63, 3.8) is 0 Å². The summed E-state index contributed by atoms with van der Waals surface area (Å²) in [6.45, 7) is 0.0585. The van der Waals surface area contributed by atoms with Gasteiger partial charge in [0.05, 0.1) is 4.92 Å². The summed E-state index contributed by atoms with van der Waals surface area (Å²) in [6, 6.07) is 15.0. The summed E-state index contributed by atoms with van der Waals surface area (Å²) in [5, 5.41) is 10.5. The quantitative estimate of drug-likeness (QED) is 0.339. The summed E-state index contributed by atoms with van der Waals surface area (Å²) in [4.78, 5) is 33.4. The van der Waals surface area contributed by atoms with Gasteiger partial charge in [-0.3, -0.25) is 14.9 Å². The molecular formula is C17H15NO5. The Kier molecular flexibility index (Phi) is 5.57. The topological polar surface area (TPSA) is 86.5 Å². The predicted molar refractivity (Wildman–Crippen MR) is 82.7 cm³/mol. The van der Waals surface area contributed by atoms with Gasteiger partial charge in [0, 0.05) is 18.6 Å². The molecule has 0 amide bonds. The van der Waals surface area contributed by atoms with Crippen molar-refractivity contribution in [2.45, 2.75) is 19.4 Å². The highest BCUT2D eigenvalue weighted by atomic mass is 16.6. The van der Waals surface area contributed by atoms with Crippen molar-refractivity contribution < 1.29 is 19.2 Å². The average Bonchev–Trinajstić information content (AvgIpc) is 2.58. The van der Waals surface area contributed by atoms with Gasteiger partial charge in [0.1, 0.15) is 6.61 Å². The number of ether oxygens (including phenoxy) is 1. The Labute approximate surface area is 132 Å². The number of benzene rings is 2. The fourth-order valence-corrected chi connectivity index (χ4v) is 1.95. The number of aryl methyl sites for hydroxylation is 1. The molecule has 2 aromatic carbocycles. The molecule has 0 radical (unpaired) electrons. The van der Waals surface area contributed by atoms with Crippen LogP contribution in [0.2, 0.25) is 0 Å². The van der Waals surface area contributed by atoms with Gasteiger partial charge in [-0.05, 0) is 17.5 Å². The van der Waals surface area contributed by atoms with Crippen LogP contribution >= 0.6 is 0 Å². The molecule has 0 saturated heterocycles. The number of Topliss-reactive ketones (excluding diaryl/α,β-unsaturated/α-hetero) is 1. The largest absolute Gasteiger partial charge is 0.455 e. The highest BCUT2D eigenvalue weighted by Gasteiger charge is 2.15. The summed E-state index contributed by atoms with van der Waals surface area (Å²) in [7, 11) is 0. The van der Waals surface area contributed by atoms with Crippen molar-refractivity contribution in [1.29, 1.82) is 0 Å². The molecule has 0 atom stereocenters. The Bertz CT molecular complexity index is 695. The lowest BCUT2D eigenvalue weighted by Crippen LogP contribution is -2.17. The number of ketones is 1. The molecule has 0 aromatic heterocycles. The molecule has 0 aliphatic rings. The predicted octanol–water partition coefficient (Wildman–Crippen LogP) is 2.84. The molecule has 0 aliphatic carbocycles. The van der Waals surface area contributed by atoms with Crippen molar-refractivity contribution in [2.75, 3.05) is 0 Å². The van der Waals surface area contributed by atoms with Crippen LogP contribution in [-0.2, 0) is 27.4 Å². The van der Waals surface area contributed by atoms with E-state index in [0.717, 1.165) is 11.1 Å². The van der Waals surface area contributed by atoms with Crippen LogP contribution in [0.4, 0.5) is 5.69 Å². The molecule has 6 heteroatoms. The van der Waals surface area contributed by atoms with Crippen molar-refractivity contribution in [2.24, 2.45) is 0 Å². The number of carbonyl (C=O) groups is 2. The van der Waals surface area contributed by atoms with Crippen LogP contribution in [0.1, 0.15) is 17.5 Å². The zero-order valence-corrected chi connectivity index (χ0v) is 12.3. The third-order valence-electron chi connectivity index (χ3n) is 3.23. The molecule has 0 heterocycles. The molecule has 0 N–H and O–H groups in total. The van der Waals surface area contributed by atoms with E-state index >= 15 is 0 Å². The van der Waals surface area contributed by atoms with E-state index in [0.29, 0.717) is 6.42 Å². The minimum atomic E-state index is -0.865. The molecule has 0 aliphatic heterocycles. The Balaban J connectivity index is 1.79. The Morgan fingerprint density at radius 3 is 2.22 bits per heavy atom. The fraction of sp³-hybridized carbons (Fsp3) is 0.176. The number of esters is 1. The Morgan fingerprint density at radius 1 is 0.957 bits per heavy atom. The lowest BCUT2D eigenvalue weighted by molar-refractivity contribution is -0.384. The number of nitrogens with zero attached hydrogens (tertiary/aromatic N) is 1. The molecule has 2 rings (SSSR count). The maximum absolute atomic E-state index is 11.7. The summed E-state index contributed by atoms with van der Waals surface area (Å²) in [5.41, 5.74) is 1.55. The zero-order chi connectivity index (χ0) is 16.7. The van der Waals surface area contributed by atoms with Gasteiger partial charge in [0.2, 0.25) is 5.78 Å². The van der Waals surface area contributed by atoms with Gasteiger partial charge in [0.15, 0.2) is 0 Å². The molecule has 2 aromatic rings. The Morgan fingerprint density at radius 2 is 1.61 bits per heavy atom. The summed E-state index contributed by atoms with van der Waals surface area (Å²) in [5.74, 6) is -1.48. The lowest BCUT2D eigenvalue weighted by atomic mass is 10.1. The van der Waals surface area contributed by atoms with Gasteiger partial charge < -0.3 is 4.74 Å². The van der Waals surface area contributed by atoms with E-state index in [1.807, 2.05) is 18.2 Å². The zero-order valence-electron chi connectivity index (χ0n) is 12.3. The smallest absolute Gasteiger partial charge is 0.374 e. The number of hydrogen-bond acceptors (Lipinski definition) is 5. The van der Waals surface area contributed by atoms with Gasteiger partial charge in [-0.25, -0.2) is 4.79 Å². The number of non-ortho nitro benzene ring substituents is 1. The minimum Gasteiger partial charge on any atom is -0.455 e. The monoisotopic (exact) mass is 313 g/mol. The highest BCUT2D eigenvalue weighted by Crippen LogP contribution is 2.13. The van der Waals surface area contributed by atoms with E-state index in [2.05, 4.69) is 0 Å². The van der Waals surface area contributed by atoms with Crippen molar-refractivity contribution >= 4 is 17.4 Å². The number of nitro groups is 1. The third kappa shape index (κ3) is 5.03. The molecular weight excluding hydrogens is 298 g/mol. The van der Waals surface area contributed by atoms with E-state index in [-0.39, 0.29) is 18.7 Å². The number of hydrogen-bond donors (Lipinski definition) is 0. The highest BCUT2D eigenvalue weighted by molar-refractivity contribution is 6.33. The van der Waals surface area contributed by atoms with E-state index < -0.39 is 16.7 Å². The van der Waals surface area contributed by atoms with Gasteiger partial charge in [0.25, 0.3) is 5.69 Å². The summed E-state index contributed by atoms with van der Waals surface area (Å²) >= 11 is 0. The van der Waals surface area contributed by atoms with E-state index in [1.54, 1.807) is 24.3 Å². The number of rotatable bonds is 7. The standard InChI is InChI=1S/C17H15NO5/c19-16(17(20)23-12-14-4-2-1-3-5-14)11-8-13-6-9-15(10-7-13)18(21)22/h1-7,9-10H,8,11-12H2. The maximum atomic E-state index is 11.7. The second-order valence-corrected chi connectivity index (χ2v) is 4.91. The number of nitro benzene ring substituents is 1. The van der Waals surface area contributed by atoms with Gasteiger partial charge in [-0.1, -0.05) is 42.5 Å². The SMILES string of the molecule is O=C(CCc1ccc([N+](=O)[O-])cc1)C(=O)OCc1ccccc1. The van der Waals surface area contributed by atoms with Crippen molar-refractivity contribution in [3.05, 3.63) is 75.8 Å². The molecule has 0 unspecified atom stereocenters. The average molecular weight is 313 g/mol. The van der Waals surface area contributed by atoms with Crippen LogP contribution in [0, 0.1) is 10.1 Å². The molecule has 23 heavy (non-hydrogen) atoms. The fourth-order valence-electron chi connectivity index (χ4n) is 1.95. The maximum Gasteiger partial charge on any atom is 0.374 e. The van der Waals surface area contributed by atoms with Crippen LogP contribution in [0.5, 0.6) is 0 Å². The first-order chi connectivity index (χ1) is 11.1. The van der Waals surface area contributed by atoms with Gasteiger partial charge >= 0.3 is 5.97 Å². The minimum absolute atomic E-state index is 0.00539. The number of carbonyl (C=O) groups excluding carboxylic acids is 2. The van der Waals surface area contributed by atoms with Crippen molar-refractivity contribution in [1.82, 2.24) is 0 Å². The van der Waals surface area contributed by atoms with Crippen LogP contribution < -0.4 is 0 Å². The van der Waals surface area contributed by atoms with Crippen LogP contribution in [-0.4, -0.2) is 16.7 Å². The van der Waals surface area contributed by atoms with E-state index in [9.17, 15) is 19.7 Å². The van der Waals surface area contributed by atoms with Gasteiger partial charge in [-0.2, -0.15) is 0 Å².